The molecule has 0 aliphatic heterocycles. The second-order valence-electron chi connectivity index (χ2n) is 3.80. The van der Waals surface area contributed by atoms with E-state index in [1.54, 1.807) is 0 Å². The summed E-state index contributed by atoms with van der Waals surface area (Å²) in [6, 6.07) is -0.382. The first-order valence-electron chi connectivity index (χ1n) is 5.83. The van der Waals surface area contributed by atoms with Crippen molar-refractivity contribution in [2.24, 2.45) is 0 Å². The highest BCUT2D eigenvalue weighted by atomic mass is 31.2. The molecule has 0 aromatic rings. The maximum absolute atomic E-state index is 11.2. The molecule has 0 unspecified atom stereocenters. The van der Waals surface area contributed by atoms with E-state index in [-0.39, 0.29) is 31.1 Å². The normalized spacial score (nSPS) is 10.7. The Morgan fingerprint density at radius 2 is 1.53 bits per heavy atom. The zero-order valence-corrected chi connectivity index (χ0v) is 11.5. The molecule has 8 nitrogen and oxygen atoms in total. The van der Waals surface area contributed by atoms with Gasteiger partial charge in [-0.2, -0.15) is 14.7 Å². The molecule has 0 aliphatic carbocycles. The van der Waals surface area contributed by atoms with Gasteiger partial charge in [0.2, 0.25) is 5.91 Å². The topological polar surface area (TPSA) is 131 Å². The molecule has 110 valence electrons. The molecule has 0 atom stereocenters. The molecular formula is C10H21N3O5P+. The molecule has 6 N–H and O–H groups in total. The van der Waals surface area contributed by atoms with Crippen LogP contribution in [0.5, 0.6) is 0 Å². The number of nitrogens with one attached hydrogen (secondary N) is 3. The van der Waals surface area contributed by atoms with E-state index < -0.39 is 7.94 Å². The van der Waals surface area contributed by atoms with Gasteiger partial charge in [-0.3, -0.25) is 4.79 Å². The largest absolute Gasteiger partial charge is 0.403 e. The Hall–Kier alpha value is -1.21. The van der Waals surface area contributed by atoms with Crippen molar-refractivity contribution in [2.75, 3.05) is 25.8 Å². The molecule has 0 saturated heterocycles. The van der Waals surface area contributed by atoms with E-state index >= 15 is 0 Å². The standard InChI is InChI=1S/C10H20N3O5P/c1-2-9(14)11-5-3-6-12-10(15)13-7-4-8-19(16,17)18/h2,16-18H,1,3-8H2,(H2-,11,12,13,14,15)/p+1. The highest BCUT2D eigenvalue weighted by molar-refractivity contribution is 7.58. The average molecular weight is 294 g/mol. The number of carbonyl (C=O) groups excluding carboxylic acids is 2. The van der Waals surface area contributed by atoms with Crippen LogP contribution in [0.3, 0.4) is 0 Å². The third-order valence-corrected chi connectivity index (χ3v) is 2.96. The summed E-state index contributed by atoms with van der Waals surface area (Å²) >= 11 is 0. The predicted octanol–water partition coefficient (Wildman–Crippen LogP) is -0.893. The van der Waals surface area contributed by atoms with Gasteiger partial charge in [0.1, 0.15) is 6.16 Å². The summed E-state index contributed by atoms with van der Waals surface area (Å²) in [7, 11) is -3.74. The van der Waals surface area contributed by atoms with Crippen LogP contribution in [-0.4, -0.2) is 52.4 Å². The number of rotatable bonds is 9. The van der Waals surface area contributed by atoms with Gasteiger partial charge in [-0.15, -0.1) is 0 Å². The Morgan fingerprint density at radius 1 is 1.00 bits per heavy atom. The summed E-state index contributed by atoms with van der Waals surface area (Å²) in [5.41, 5.74) is 0. The third kappa shape index (κ3) is 13.0. The lowest BCUT2D eigenvalue weighted by molar-refractivity contribution is -0.116. The highest BCUT2D eigenvalue weighted by Crippen LogP contribution is 2.44. The van der Waals surface area contributed by atoms with Crippen LogP contribution >= 0.6 is 7.94 Å². The molecule has 19 heavy (non-hydrogen) atoms. The fourth-order valence-electron chi connectivity index (χ4n) is 1.13. The molecule has 0 aliphatic rings. The Kier molecular flexibility index (Phi) is 9.07. The van der Waals surface area contributed by atoms with Crippen LogP contribution in [0.4, 0.5) is 4.79 Å². The second kappa shape index (κ2) is 9.69. The van der Waals surface area contributed by atoms with Crippen molar-refractivity contribution >= 4 is 19.9 Å². The van der Waals surface area contributed by atoms with Crippen molar-refractivity contribution in [3.05, 3.63) is 12.7 Å². The number of amides is 3. The summed E-state index contributed by atoms with van der Waals surface area (Å²) in [6.45, 7) is 4.39. The van der Waals surface area contributed by atoms with E-state index in [0.717, 1.165) is 0 Å². The quantitative estimate of drug-likeness (QED) is 0.186. The van der Waals surface area contributed by atoms with Crippen molar-refractivity contribution in [1.29, 1.82) is 0 Å². The molecule has 0 fully saturated rings. The van der Waals surface area contributed by atoms with Gasteiger partial charge in [0.25, 0.3) is 0 Å². The fraction of sp³-hybridized carbons (Fsp3) is 0.600. The van der Waals surface area contributed by atoms with Crippen LogP contribution in [0, 0.1) is 0 Å². The van der Waals surface area contributed by atoms with E-state index in [1.165, 1.54) is 6.08 Å². The summed E-state index contributed by atoms with van der Waals surface area (Å²) in [5.74, 6) is -0.256. The highest BCUT2D eigenvalue weighted by Gasteiger charge is 2.28. The van der Waals surface area contributed by atoms with Crippen LogP contribution in [0.1, 0.15) is 12.8 Å². The van der Waals surface area contributed by atoms with Crippen LogP contribution in [0.15, 0.2) is 12.7 Å². The van der Waals surface area contributed by atoms with Gasteiger partial charge in [0, 0.05) is 26.1 Å². The van der Waals surface area contributed by atoms with Gasteiger partial charge in [-0.1, -0.05) is 6.58 Å². The van der Waals surface area contributed by atoms with Crippen molar-refractivity contribution in [2.45, 2.75) is 12.8 Å². The first-order chi connectivity index (χ1) is 8.85. The maximum Gasteiger partial charge on any atom is 0.403 e. The Bertz CT molecular complexity index is 306. The Labute approximate surface area is 112 Å². The van der Waals surface area contributed by atoms with Gasteiger partial charge in [0.15, 0.2) is 0 Å². The van der Waals surface area contributed by atoms with Gasteiger partial charge >= 0.3 is 14.0 Å². The van der Waals surface area contributed by atoms with E-state index in [0.29, 0.717) is 19.5 Å². The number of hydrogen-bond donors (Lipinski definition) is 6. The lowest BCUT2D eigenvalue weighted by Gasteiger charge is -2.08. The third-order valence-electron chi connectivity index (χ3n) is 2.04. The molecule has 0 radical (unpaired) electrons. The Morgan fingerprint density at radius 3 is 2.05 bits per heavy atom. The van der Waals surface area contributed by atoms with Crippen molar-refractivity contribution in [1.82, 2.24) is 16.0 Å². The molecule has 0 aromatic carbocycles. The lowest BCUT2D eigenvalue weighted by atomic mass is 10.4. The molecular weight excluding hydrogens is 273 g/mol. The number of hydrogen-bond acceptors (Lipinski definition) is 5. The average Bonchev–Trinajstić information content (AvgIpc) is 2.32. The zero-order chi connectivity index (χ0) is 14.7. The molecule has 0 saturated carbocycles. The van der Waals surface area contributed by atoms with Crippen molar-refractivity contribution < 1.29 is 24.3 Å². The SMILES string of the molecule is C=CC(=O)NCCCNC(=O)NCCC[P+](O)(O)O. The van der Waals surface area contributed by atoms with E-state index in [2.05, 4.69) is 22.5 Å². The number of carbonyl (C=O) groups is 2. The molecule has 0 heterocycles. The minimum atomic E-state index is -3.74. The summed E-state index contributed by atoms with van der Waals surface area (Å²) in [6.07, 6.45) is 1.90. The number of urea groups is 1. The van der Waals surface area contributed by atoms with E-state index in [9.17, 15) is 9.59 Å². The van der Waals surface area contributed by atoms with Crippen LogP contribution in [-0.2, 0) is 4.79 Å². The summed E-state index contributed by atoms with van der Waals surface area (Å²) < 4.78 is 0. The Balaban J connectivity index is 3.40. The van der Waals surface area contributed by atoms with Crippen molar-refractivity contribution in [3.8, 4) is 0 Å². The molecule has 9 heteroatoms. The van der Waals surface area contributed by atoms with Crippen LogP contribution in [0.25, 0.3) is 0 Å². The van der Waals surface area contributed by atoms with Gasteiger partial charge in [-0.05, 0) is 12.5 Å². The van der Waals surface area contributed by atoms with Crippen LogP contribution < -0.4 is 16.0 Å². The minimum Gasteiger partial charge on any atom is -0.353 e. The smallest absolute Gasteiger partial charge is 0.353 e. The van der Waals surface area contributed by atoms with Crippen molar-refractivity contribution in [3.63, 3.8) is 0 Å². The van der Waals surface area contributed by atoms with Crippen LogP contribution in [0.2, 0.25) is 0 Å². The first kappa shape index (κ1) is 17.8. The molecule has 3 amide bonds. The minimum absolute atomic E-state index is 0.138. The lowest BCUT2D eigenvalue weighted by Crippen LogP contribution is -2.37. The van der Waals surface area contributed by atoms with E-state index in [1.807, 2.05) is 0 Å². The monoisotopic (exact) mass is 294 g/mol. The summed E-state index contributed by atoms with van der Waals surface area (Å²) in [4.78, 5) is 48.1. The van der Waals surface area contributed by atoms with E-state index in [4.69, 9.17) is 14.7 Å². The predicted molar refractivity (Wildman–Crippen MR) is 72.3 cm³/mol. The molecule has 0 aromatic heterocycles. The van der Waals surface area contributed by atoms with Gasteiger partial charge in [-0.25, -0.2) is 4.79 Å². The second-order valence-corrected chi connectivity index (χ2v) is 5.63. The summed E-state index contributed by atoms with van der Waals surface area (Å²) in [5, 5.41) is 7.63. The molecule has 0 spiro atoms. The van der Waals surface area contributed by atoms with Gasteiger partial charge in [0.05, 0.1) is 0 Å². The maximum atomic E-state index is 11.2. The molecule has 0 rings (SSSR count). The van der Waals surface area contributed by atoms with Gasteiger partial charge < -0.3 is 16.0 Å². The first-order valence-corrected chi connectivity index (χ1v) is 7.66. The fourth-order valence-corrected chi connectivity index (χ4v) is 1.71. The zero-order valence-electron chi connectivity index (χ0n) is 10.6. The molecule has 0 bridgehead atoms.